The second-order valence-electron chi connectivity index (χ2n) is 6.92. The van der Waals surface area contributed by atoms with E-state index in [-0.39, 0.29) is 17.0 Å². The van der Waals surface area contributed by atoms with E-state index in [0.717, 1.165) is 0 Å². The van der Waals surface area contributed by atoms with Crippen LogP contribution in [0.15, 0.2) is 4.79 Å². The molecule has 1 aromatic rings. The van der Waals surface area contributed by atoms with Gasteiger partial charge in [0.2, 0.25) is 0 Å². The van der Waals surface area contributed by atoms with Crippen LogP contribution in [0.3, 0.4) is 0 Å². The zero-order valence-electron chi connectivity index (χ0n) is 14.0. The minimum absolute atomic E-state index is 0.0648. The van der Waals surface area contributed by atoms with Crippen LogP contribution in [0.25, 0.3) is 0 Å². The predicted octanol–water partition coefficient (Wildman–Crippen LogP) is 2.73. The second-order valence-corrected chi connectivity index (χ2v) is 6.92. The molecule has 5 heteroatoms. The van der Waals surface area contributed by atoms with E-state index in [1.165, 1.54) is 0 Å². The molecule has 21 heavy (non-hydrogen) atoms. The summed E-state index contributed by atoms with van der Waals surface area (Å²) in [7, 11) is 0. The van der Waals surface area contributed by atoms with Gasteiger partial charge in [0, 0.05) is 23.5 Å². The number of aliphatic carboxylic acids is 1. The molecule has 2 atom stereocenters. The summed E-state index contributed by atoms with van der Waals surface area (Å²) >= 11 is 0. The third-order valence-electron chi connectivity index (χ3n) is 4.42. The summed E-state index contributed by atoms with van der Waals surface area (Å²) in [6, 6.07) is 0. The third kappa shape index (κ3) is 3.71. The van der Waals surface area contributed by atoms with Crippen molar-refractivity contribution in [1.29, 1.82) is 0 Å². The molecule has 1 N–H and O–H groups in total. The third-order valence-corrected chi connectivity index (χ3v) is 4.42. The summed E-state index contributed by atoms with van der Waals surface area (Å²) < 4.78 is 1.61. The number of aromatic nitrogens is 2. The molecule has 0 aliphatic rings. The van der Waals surface area contributed by atoms with Gasteiger partial charge in [0.15, 0.2) is 0 Å². The normalized spacial score (nSPS) is 14.8. The van der Waals surface area contributed by atoms with Crippen molar-refractivity contribution in [3.05, 3.63) is 27.4 Å². The lowest BCUT2D eigenvalue weighted by molar-refractivity contribution is -0.138. The first-order valence-electron chi connectivity index (χ1n) is 7.27. The van der Waals surface area contributed by atoms with Gasteiger partial charge in [-0.2, -0.15) is 4.98 Å². The van der Waals surface area contributed by atoms with Gasteiger partial charge in [-0.1, -0.05) is 27.7 Å². The Kier molecular flexibility index (Phi) is 4.97. The van der Waals surface area contributed by atoms with Crippen LogP contribution in [-0.2, 0) is 11.3 Å². The molecule has 0 saturated carbocycles. The Morgan fingerprint density at radius 3 is 2.24 bits per heavy atom. The average molecular weight is 294 g/mol. The zero-order chi connectivity index (χ0) is 16.5. The van der Waals surface area contributed by atoms with Gasteiger partial charge < -0.3 is 5.11 Å². The summed E-state index contributed by atoms with van der Waals surface area (Å²) in [5.41, 5.74) is 1.62. The number of aryl methyl sites for hydroxylation is 1. The van der Waals surface area contributed by atoms with Crippen molar-refractivity contribution >= 4 is 5.97 Å². The molecule has 0 amide bonds. The Labute approximate surface area is 126 Å². The first-order chi connectivity index (χ1) is 9.46. The Bertz CT molecular complexity index is 597. The van der Waals surface area contributed by atoms with E-state index in [1.54, 1.807) is 25.3 Å². The van der Waals surface area contributed by atoms with Gasteiger partial charge in [-0.05, 0) is 32.1 Å². The summed E-state index contributed by atoms with van der Waals surface area (Å²) in [4.78, 5) is 27.5. The Morgan fingerprint density at radius 1 is 1.29 bits per heavy atom. The monoisotopic (exact) mass is 294 g/mol. The van der Waals surface area contributed by atoms with Crippen LogP contribution < -0.4 is 5.69 Å². The standard InChI is InChI=1S/C16H26N2O3/c1-9(16(5,6)7)8-18-12(4)13(10(2)14(19)20)11(3)17-15(18)21/h9-10H,8H2,1-7H3,(H,19,20). The smallest absolute Gasteiger partial charge is 0.347 e. The van der Waals surface area contributed by atoms with Crippen molar-refractivity contribution in [1.82, 2.24) is 9.55 Å². The summed E-state index contributed by atoms with van der Waals surface area (Å²) in [5.74, 6) is -1.31. The van der Waals surface area contributed by atoms with Crippen LogP contribution >= 0.6 is 0 Å². The number of hydrogen-bond donors (Lipinski definition) is 1. The maximum atomic E-state index is 12.2. The van der Waals surface area contributed by atoms with Gasteiger partial charge in [-0.25, -0.2) is 4.79 Å². The van der Waals surface area contributed by atoms with Gasteiger partial charge in [0.1, 0.15) is 0 Å². The molecular weight excluding hydrogens is 268 g/mol. The zero-order valence-corrected chi connectivity index (χ0v) is 14.0. The fourth-order valence-electron chi connectivity index (χ4n) is 2.33. The van der Waals surface area contributed by atoms with Gasteiger partial charge in [-0.3, -0.25) is 9.36 Å². The number of nitrogens with zero attached hydrogens (tertiary/aromatic N) is 2. The van der Waals surface area contributed by atoms with Crippen molar-refractivity contribution in [3.8, 4) is 0 Å². The first-order valence-corrected chi connectivity index (χ1v) is 7.27. The molecule has 0 saturated heterocycles. The van der Waals surface area contributed by atoms with Crippen molar-refractivity contribution in [2.75, 3.05) is 0 Å². The number of rotatable bonds is 4. The molecule has 1 rings (SSSR count). The molecule has 1 aromatic heterocycles. The molecule has 0 aliphatic carbocycles. The largest absolute Gasteiger partial charge is 0.481 e. The predicted molar refractivity (Wildman–Crippen MR) is 82.6 cm³/mol. The first kappa shape index (κ1) is 17.4. The lowest BCUT2D eigenvalue weighted by Crippen LogP contribution is -2.34. The van der Waals surface area contributed by atoms with Crippen molar-refractivity contribution in [2.24, 2.45) is 11.3 Å². The number of carbonyl (C=O) groups is 1. The molecule has 0 bridgehead atoms. The Balaban J connectivity index is 3.38. The maximum Gasteiger partial charge on any atom is 0.347 e. The van der Waals surface area contributed by atoms with E-state index in [2.05, 4.69) is 32.7 Å². The fourth-order valence-corrected chi connectivity index (χ4v) is 2.33. The molecule has 0 radical (unpaired) electrons. The van der Waals surface area contributed by atoms with Gasteiger partial charge >= 0.3 is 11.7 Å². The molecule has 2 unspecified atom stereocenters. The van der Waals surface area contributed by atoms with E-state index in [0.29, 0.717) is 23.5 Å². The molecule has 118 valence electrons. The highest BCUT2D eigenvalue weighted by Gasteiger charge is 2.25. The molecule has 0 spiro atoms. The van der Waals surface area contributed by atoms with Crippen molar-refractivity contribution in [3.63, 3.8) is 0 Å². The molecule has 0 fully saturated rings. The maximum absolute atomic E-state index is 12.2. The highest BCUT2D eigenvalue weighted by atomic mass is 16.4. The number of carboxylic acids is 1. The number of hydrogen-bond acceptors (Lipinski definition) is 3. The van der Waals surface area contributed by atoms with Gasteiger partial charge in [0.25, 0.3) is 0 Å². The minimum atomic E-state index is -0.905. The van der Waals surface area contributed by atoms with Crippen molar-refractivity contribution in [2.45, 2.75) is 60.9 Å². The van der Waals surface area contributed by atoms with Crippen LogP contribution in [0.1, 0.15) is 57.5 Å². The SMILES string of the molecule is Cc1nc(=O)n(CC(C)C(C)(C)C)c(C)c1C(C)C(=O)O. The van der Waals surface area contributed by atoms with E-state index in [4.69, 9.17) is 0 Å². The van der Waals surface area contributed by atoms with Gasteiger partial charge in [0.05, 0.1) is 5.92 Å². The fraction of sp³-hybridized carbons (Fsp3) is 0.688. The highest BCUT2D eigenvalue weighted by Crippen LogP contribution is 2.28. The van der Waals surface area contributed by atoms with Crippen LogP contribution in [0.5, 0.6) is 0 Å². The summed E-state index contributed by atoms with van der Waals surface area (Å²) in [6.07, 6.45) is 0. The van der Waals surface area contributed by atoms with E-state index in [9.17, 15) is 14.7 Å². The molecule has 1 heterocycles. The van der Waals surface area contributed by atoms with Crippen molar-refractivity contribution < 1.29 is 9.90 Å². The Hall–Kier alpha value is -1.65. The van der Waals surface area contributed by atoms with Crippen LogP contribution in [0.2, 0.25) is 0 Å². The molecule has 5 nitrogen and oxygen atoms in total. The number of carboxylic acid groups (broad SMARTS) is 1. The lowest BCUT2D eigenvalue weighted by Gasteiger charge is -2.29. The summed E-state index contributed by atoms with van der Waals surface area (Å²) in [5, 5.41) is 9.24. The average Bonchev–Trinajstić information content (AvgIpc) is 2.32. The van der Waals surface area contributed by atoms with Crippen LogP contribution in [-0.4, -0.2) is 20.6 Å². The second kappa shape index (κ2) is 6.00. The lowest BCUT2D eigenvalue weighted by atomic mass is 9.82. The van der Waals surface area contributed by atoms with E-state index in [1.807, 2.05) is 0 Å². The van der Waals surface area contributed by atoms with Crippen LogP contribution in [0, 0.1) is 25.2 Å². The van der Waals surface area contributed by atoms with Crippen LogP contribution in [0.4, 0.5) is 0 Å². The van der Waals surface area contributed by atoms with E-state index < -0.39 is 11.9 Å². The quantitative estimate of drug-likeness (QED) is 0.926. The molecule has 0 aliphatic heterocycles. The Morgan fingerprint density at radius 2 is 1.81 bits per heavy atom. The molecular formula is C16H26N2O3. The molecule has 0 aromatic carbocycles. The van der Waals surface area contributed by atoms with Gasteiger partial charge in [-0.15, -0.1) is 0 Å². The topological polar surface area (TPSA) is 72.2 Å². The highest BCUT2D eigenvalue weighted by molar-refractivity contribution is 5.76. The summed E-state index contributed by atoms with van der Waals surface area (Å²) in [6.45, 7) is 14.1. The minimum Gasteiger partial charge on any atom is -0.481 e. The van der Waals surface area contributed by atoms with E-state index >= 15 is 0 Å².